The van der Waals surface area contributed by atoms with Crippen molar-refractivity contribution in [3.05, 3.63) is 133 Å². The fourth-order valence-electron chi connectivity index (χ4n) is 7.19. The van der Waals surface area contributed by atoms with Gasteiger partial charge in [-0.3, -0.25) is 4.57 Å². The second-order valence-electron chi connectivity index (χ2n) is 11.2. The monoisotopic (exact) mass is 525 g/mol. The van der Waals surface area contributed by atoms with Crippen LogP contribution in [0, 0.1) is 5.92 Å². The summed E-state index contributed by atoms with van der Waals surface area (Å²) in [5, 5.41) is 7.65. The van der Waals surface area contributed by atoms with Gasteiger partial charge in [0.1, 0.15) is 5.84 Å². The molecule has 41 heavy (non-hydrogen) atoms. The molecule has 0 spiro atoms. The van der Waals surface area contributed by atoms with Crippen LogP contribution in [0.1, 0.15) is 12.5 Å². The molecule has 1 atom stereocenters. The predicted octanol–water partition coefficient (Wildman–Crippen LogP) is 9.82. The van der Waals surface area contributed by atoms with Crippen LogP contribution in [-0.4, -0.2) is 15.0 Å². The standard InChI is InChI=1S/C38H27N3/c1-24-23-25-13-5-10-20-31(25)39-38(24)41-33-22-12-9-19-30(33)35-36(41)28-17-7-6-16-27(28)34-29-18-8-11-21-32(29)40(37(34)35)26-14-3-2-4-15-26/h2-22,24H,23H2,1H3/t24-/m0/s1. The number of rotatable bonds is 1. The highest BCUT2D eigenvalue weighted by molar-refractivity contribution is 6.37. The minimum Gasteiger partial charge on any atom is -0.309 e. The molecule has 0 amide bonds. The Kier molecular flexibility index (Phi) is 4.65. The van der Waals surface area contributed by atoms with E-state index in [9.17, 15) is 0 Å². The molecule has 0 unspecified atom stereocenters. The summed E-state index contributed by atoms with van der Waals surface area (Å²) in [5.74, 6) is 1.39. The van der Waals surface area contributed by atoms with Crippen molar-refractivity contribution in [1.82, 2.24) is 9.13 Å². The van der Waals surface area contributed by atoms with Crippen molar-refractivity contribution in [2.75, 3.05) is 0 Å². The summed E-state index contributed by atoms with van der Waals surface area (Å²) in [6, 6.07) is 46.0. The minimum absolute atomic E-state index is 0.276. The lowest BCUT2D eigenvalue weighted by molar-refractivity contribution is 0.732. The highest BCUT2D eigenvalue weighted by atomic mass is 15.1. The molecular weight excluding hydrogens is 498 g/mol. The molecule has 194 valence electrons. The van der Waals surface area contributed by atoms with E-state index in [4.69, 9.17) is 4.99 Å². The number of aromatic nitrogens is 2. The molecule has 0 saturated carbocycles. The van der Waals surface area contributed by atoms with E-state index in [1.165, 1.54) is 65.6 Å². The number of para-hydroxylation sites is 4. The van der Waals surface area contributed by atoms with Gasteiger partial charge in [-0.2, -0.15) is 0 Å². The Labute approximate surface area is 237 Å². The lowest BCUT2D eigenvalue weighted by atomic mass is 9.95. The largest absolute Gasteiger partial charge is 0.309 e. The molecule has 1 aliphatic heterocycles. The zero-order chi connectivity index (χ0) is 27.1. The lowest BCUT2D eigenvalue weighted by Gasteiger charge is -2.24. The first-order valence-electron chi connectivity index (χ1n) is 14.4. The van der Waals surface area contributed by atoms with Crippen LogP contribution < -0.4 is 0 Å². The molecule has 1 aliphatic rings. The van der Waals surface area contributed by atoms with Crippen molar-refractivity contribution < 1.29 is 0 Å². The molecule has 6 aromatic carbocycles. The van der Waals surface area contributed by atoms with E-state index < -0.39 is 0 Å². The van der Waals surface area contributed by atoms with Crippen molar-refractivity contribution in [3.63, 3.8) is 0 Å². The SMILES string of the molecule is C[C@H]1Cc2ccccc2N=C1n1c2ccccc2c2c1c1ccccc1c1c3ccccc3n(-c3ccccc3)c12. The molecule has 0 N–H and O–H groups in total. The van der Waals surface area contributed by atoms with E-state index in [1.54, 1.807) is 0 Å². The second-order valence-corrected chi connectivity index (χ2v) is 11.2. The van der Waals surface area contributed by atoms with Gasteiger partial charge in [0, 0.05) is 38.5 Å². The van der Waals surface area contributed by atoms with Gasteiger partial charge in [0.15, 0.2) is 0 Å². The van der Waals surface area contributed by atoms with Crippen molar-refractivity contribution >= 4 is 65.9 Å². The van der Waals surface area contributed by atoms with Gasteiger partial charge in [-0.1, -0.05) is 104 Å². The maximum Gasteiger partial charge on any atom is 0.117 e. The fourth-order valence-corrected chi connectivity index (χ4v) is 7.19. The Morgan fingerprint density at radius 1 is 0.537 bits per heavy atom. The summed E-state index contributed by atoms with van der Waals surface area (Å²) in [7, 11) is 0. The van der Waals surface area contributed by atoms with Gasteiger partial charge in [0.25, 0.3) is 0 Å². The third kappa shape index (κ3) is 3.06. The predicted molar refractivity (Wildman–Crippen MR) is 173 cm³/mol. The van der Waals surface area contributed by atoms with Gasteiger partial charge in [0.05, 0.1) is 27.8 Å². The van der Waals surface area contributed by atoms with Crippen molar-refractivity contribution in [3.8, 4) is 5.69 Å². The molecule has 0 saturated heterocycles. The summed E-state index contributed by atoms with van der Waals surface area (Å²) in [6.07, 6.45) is 0.980. The number of hydrogen-bond acceptors (Lipinski definition) is 1. The van der Waals surface area contributed by atoms with Gasteiger partial charge in [0.2, 0.25) is 0 Å². The van der Waals surface area contributed by atoms with Crippen LogP contribution in [0.25, 0.3) is 60.1 Å². The van der Waals surface area contributed by atoms with E-state index in [0.717, 1.165) is 17.9 Å². The van der Waals surface area contributed by atoms with Crippen molar-refractivity contribution in [1.29, 1.82) is 0 Å². The van der Waals surface area contributed by atoms with Crippen LogP contribution in [0.3, 0.4) is 0 Å². The first-order valence-corrected chi connectivity index (χ1v) is 14.4. The van der Waals surface area contributed by atoms with Crippen LogP contribution in [0.2, 0.25) is 0 Å². The maximum absolute atomic E-state index is 5.35. The third-order valence-corrected chi connectivity index (χ3v) is 8.87. The van der Waals surface area contributed by atoms with E-state index in [1.807, 2.05) is 0 Å². The van der Waals surface area contributed by atoms with Crippen LogP contribution in [0.5, 0.6) is 0 Å². The summed E-state index contributed by atoms with van der Waals surface area (Å²) < 4.78 is 4.94. The number of aliphatic imine (C=N–C) groups is 1. The lowest BCUT2D eigenvalue weighted by Crippen LogP contribution is -2.24. The molecule has 3 heteroatoms. The first-order chi connectivity index (χ1) is 20.3. The van der Waals surface area contributed by atoms with Crippen LogP contribution in [-0.2, 0) is 6.42 Å². The van der Waals surface area contributed by atoms with Gasteiger partial charge in [-0.15, -0.1) is 0 Å². The number of hydrogen-bond donors (Lipinski definition) is 0. The zero-order valence-electron chi connectivity index (χ0n) is 22.8. The molecule has 8 aromatic rings. The van der Waals surface area contributed by atoms with Crippen molar-refractivity contribution in [2.24, 2.45) is 10.9 Å². The summed E-state index contributed by atoms with van der Waals surface area (Å²) in [6.45, 7) is 2.32. The molecule has 9 rings (SSSR count). The molecular formula is C38H27N3. The van der Waals surface area contributed by atoms with E-state index in [2.05, 4.69) is 143 Å². The van der Waals surface area contributed by atoms with Crippen molar-refractivity contribution in [2.45, 2.75) is 13.3 Å². The van der Waals surface area contributed by atoms with Gasteiger partial charge in [-0.05, 0) is 47.7 Å². The van der Waals surface area contributed by atoms with Gasteiger partial charge < -0.3 is 4.57 Å². The maximum atomic E-state index is 5.35. The average Bonchev–Trinajstić information content (AvgIpc) is 3.55. The normalized spacial score (nSPS) is 15.2. The number of nitrogens with zero attached hydrogens (tertiary/aromatic N) is 3. The summed E-state index contributed by atoms with van der Waals surface area (Å²) in [4.78, 5) is 5.35. The van der Waals surface area contributed by atoms with Gasteiger partial charge >= 0.3 is 0 Å². The quantitative estimate of drug-likeness (QED) is 0.203. The Morgan fingerprint density at radius 3 is 1.90 bits per heavy atom. The number of benzene rings is 6. The molecule has 0 bridgehead atoms. The topological polar surface area (TPSA) is 22.2 Å². The smallest absolute Gasteiger partial charge is 0.117 e. The van der Waals surface area contributed by atoms with Gasteiger partial charge in [-0.25, -0.2) is 4.99 Å². The van der Waals surface area contributed by atoms with E-state index >= 15 is 0 Å². The summed E-state index contributed by atoms with van der Waals surface area (Å²) >= 11 is 0. The van der Waals surface area contributed by atoms with Crippen LogP contribution >= 0.6 is 0 Å². The Morgan fingerprint density at radius 2 is 1.12 bits per heavy atom. The second kappa shape index (κ2) is 8.42. The van der Waals surface area contributed by atoms with Crippen LogP contribution in [0.15, 0.2) is 132 Å². The summed E-state index contributed by atoms with van der Waals surface area (Å²) in [5.41, 5.74) is 8.49. The highest BCUT2D eigenvalue weighted by Crippen LogP contribution is 2.46. The molecule has 3 nitrogen and oxygen atoms in total. The Balaban J connectivity index is 1.58. The molecule has 0 aliphatic carbocycles. The minimum atomic E-state index is 0.276. The molecule has 0 fully saturated rings. The Bertz CT molecular complexity index is 2350. The van der Waals surface area contributed by atoms with Crippen LogP contribution in [0.4, 0.5) is 5.69 Å². The number of fused-ring (bicyclic) bond motifs is 11. The Hall–Kier alpha value is -5.15. The zero-order valence-corrected chi connectivity index (χ0v) is 22.8. The first kappa shape index (κ1) is 22.6. The molecule has 0 radical (unpaired) electrons. The third-order valence-electron chi connectivity index (χ3n) is 8.87. The van der Waals surface area contributed by atoms with E-state index in [-0.39, 0.29) is 5.92 Å². The average molecular weight is 526 g/mol. The highest BCUT2D eigenvalue weighted by Gasteiger charge is 2.28. The fraction of sp³-hybridized carbons (Fsp3) is 0.0789. The molecule has 2 aromatic heterocycles. The van der Waals surface area contributed by atoms with E-state index in [0.29, 0.717) is 0 Å². The molecule has 3 heterocycles.